The minimum absolute atomic E-state index is 0.0262. The second-order valence-electron chi connectivity index (χ2n) is 7.67. The predicted molar refractivity (Wildman–Crippen MR) is 121 cm³/mol. The van der Waals surface area contributed by atoms with Crippen molar-refractivity contribution in [2.75, 3.05) is 11.4 Å². The fourth-order valence-corrected chi connectivity index (χ4v) is 4.12. The van der Waals surface area contributed by atoms with Gasteiger partial charge in [0.1, 0.15) is 0 Å². The molecule has 0 N–H and O–H groups in total. The van der Waals surface area contributed by atoms with Crippen molar-refractivity contribution in [3.63, 3.8) is 0 Å². The molecule has 0 fully saturated rings. The van der Waals surface area contributed by atoms with Gasteiger partial charge in [-0.05, 0) is 36.2 Å². The van der Waals surface area contributed by atoms with Gasteiger partial charge in [0.25, 0.3) is 5.56 Å². The van der Waals surface area contributed by atoms with Crippen LogP contribution in [0.3, 0.4) is 0 Å². The van der Waals surface area contributed by atoms with Crippen molar-refractivity contribution in [2.24, 2.45) is 0 Å². The molecule has 0 radical (unpaired) electrons. The zero-order valence-corrected chi connectivity index (χ0v) is 17.3. The van der Waals surface area contributed by atoms with E-state index in [2.05, 4.69) is 9.97 Å². The summed E-state index contributed by atoms with van der Waals surface area (Å²) in [5.74, 6) is 0.475. The Morgan fingerprint density at radius 1 is 0.938 bits per heavy atom. The highest BCUT2D eigenvalue weighted by Crippen LogP contribution is 2.34. The minimum atomic E-state index is -0.132. The lowest BCUT2D eigenvalue weighted by Gasteiger charge is -2.38. The van der Waals surface area contributed by atoms with E-state index in [9.17, 15) is 9.59 Å². The van der Waals surface area contributed by atoms with Crippen molar-refractivity contribution in [3.8, 4) is 11.3 Å². The van der Waals surface area contributed by atoms with Crippen molar-refractivity contribution >= 4 is 11.7 Å². The van der Waals surface area contributed by atoms with Gasteiger partial charge >= 0.3 is 0 Å². The van der Waals surface area contributed by atoms with Gasteiger partial charge < -0.3 is 4.90 Å². The third-order valence-corrected chi connectivity index (χ3v) is 5.72. The van der Waals surface area contributed by atoms with Crippen LogP contribution < -0.4 is 10.5 Å². The molecular formula is C25H21N5O2. The lowest BCUT2D eigenvalue weighted by atomic mass is 10.00. The molecule has 32 heavy (non-hydrogen) atoms. The molecule has 0 saturated carbocycles. The number of fused-ring (bicyclic) bond motifs is 1. The van der Waals surface area contributed by atoms with Gasteiger partial charge in [-0.1, -0.05) is 30.3 Å². The number of carbonyl (C=O) groups is 1. The first-order chi connectivity index (χ1) is 15.7. The molecule has 3 aromatic heterocycles. The number of hydrogen-bond acceptors (Lipinski definition) is 6. The molecule has 158 valence electrons. The summed E-state index contributed by atoms with van der Waals surface area (Å²) in [6.45, 7) is 0.643. The number of benzene rings is 1. The molecule has 4 heterocycles. The highest BCUT2D eigenvalue weighted by atomic mass is 16.1. The molecule has 0 unspecified atom stereocenters. The smallest absolute Gasteiger partial charge is 0.255 e. The van der Waals surface area contributed by atoms with Crippen LogP contribution in [0.1, 0.15) is 28.4 Å². The summed E-state index contributed by atoms with van der Waals surface area (Å²) >= 11 is 0. The van der Waals surface area contributed by atoms with E-state index < -0.39 is 0 Å². The normalized spacial score (nSPS) is 15.2. The van der Waals surface area contributed by atoms with Gasteiger partial charge in [-0.2, -0.15) is 0 Å². The molecule has 0 spiro atoms. The Bertz CT molecular complexity index is 1290. The summed E-state index contributed by atoms with van der Waals surface area (Å²) in [6.07, 6.45) is 7.52. The van der Waals surface area contributed by atoms with Crippen LogP contribution in [0.15, 0.2) is 90.2 Å². The monoisotopic (exact) mass is 423 g/mol. The van der Waals surface area contributed by atoms with Crippen molar-refractivity contribution in [1.29, 1.82) is 0 Å². The molecule has 7 heteroatoms. The molecule has 7 nitrogen and oxygen atoms in total. The molecule has 0 amide bonds. The Balaban J connectivity index is 1.61. The van der Waals surface area contributed by atoms with E-state index in [-0.39, 0.29) is 23.9 Å². The maximum absolute atomic E-state index is 13.2. The van der Waals surface area contributed by atoms with Crippen LogP contribution in [0.2, 0.25) is 0 Å². The second-order valence-corrected chi connectivity index (χ2v) is 7.67. The standard InChI is InChI=1S/C25H21N5O2/c31-23(20-4-2-1-3-5-20)17-30-22(19-8-13-27-14-9-19)10-15-29-24(32)16-21(28-25(29)30)18-6-11-26-12-7-18/h1-9,11-14,16,22H,10,15,17H2/t22-/m0/s1. The molecule has 0 bridgehead atoms. The van der Waals surface area contributed by atoms with E-state index in [1.165, 1.54) is 0 Å². The molecule has 0 saturated heterocycles. The zero-order chi connectivity index (χ0) is 21.9. The minimum Gasteiger partial charge on any atom is -0.327 e. The Morgan fingerprint density at radius 2 is 1.62 bits per heavy atom. The third kappa shape index (κ3) is 3.80. The lowest BCUT2D eigenvalue weighted by Crippen LogP contribution is -2.43. The average Bonchev–Trinajstić information content (AvgIpc) is 2.86. The average molecular weight is 423 g/mol. The number of carbonyl (C=O) groups excluding carboxylic acids is 1. The topological polar surface area (TPSA) is 81.0 Å². The molecule has 1 aromatic carbocycles. The van der Waals surface area contributed by atoms with Crippen LogP contribution in [0.4, 0.5) is 5.95 Å². The summed E-state index contributed by atoms with van der Waals surface area (Å²) in [7, 11) is 0. The number of aromatic nitrogens is 4. The number of anilines is 1. The molecule has 0 aliphatic carbocycles. The first-order valence-corrected chi connectivity index (χ1v) is 10.5. The highest BCUT2D eigenvalue weighted by Gasteiger charge is 2.31. The molecule has 1 atom stereocenters. The van der Waals surface area contributed by atoms with E-state index >= 15 is 0 Å². The van der Waals surface area contributed by atoms with Crippen LogP contribution in [-0.2, 0) is 6.54 Å². The fraction of sp³-hybridized carbons (Fsp3) is 0.160. The number of ketones is 1. The Morgan fingerprint density at radius 3 is 2.34 bits per heavy atom. The molecule has 1 aliphatic heterocycles. The number of Topliss-reactive ketones (excluding diaryl/α,β-unsaturated/α-hetero) is 1. The second kappa shape index (κ2) is 8.55. The number of nitrogens with zero attached hydrogens (tertiary/aromatic N) is 5. The SMILES string of the molecule is O=C(CN1c2nc(-c3ccncc3)cc(=O)n2CC[C@H]1c1ccncc1)c1ccccc1. The Hall–Kier alpha value is -4.13. The molecule has 1 aliphatic rings. The first kappa shape index (κ1) is 19.8. The zero-order valence-electron chi connectivity index (χ0n) is 17.3. The summed E-state index contributed by atoms with van der Waals surface area (Å²) < 4.78 is 1.65. The molecular weight excluding hydrogens is 402 g/mol. The van der Waals surface area contributed by atoms with Crippen molar-refractivity contribution < 1.29 is 4.79 Å². The number of hydrogen-bond donors (Lipinski definition) is 0. The van der Waals surface area contributed by atoms with Crippen LogP contribution in [0, 0.1) is 0 Å². The van der Waals surface area contributed by atoms with Crippen LogP contribution in [-0.4, -0.2) is 31.8 Å². The number of rotatable bonds is 5. The summed E-state index contributed by atoms with van der Waals surface area (Å²) in [5.41, 5.74) is 2.91. The first-order valence-electron chi connectivity index (χ1n) is 10.5. The predicted octanol–water partition coefficient (Wildman–Crippen LogP) is 3.53. The molecule has 4 aromatic rings. The van der Waals surface area contributed by atoms with Gasteiger partial charge in [0.15, 0.2) is 5.78 Å². The maximum Gasteiger partial charge on any atom is 0.255 e. The van der Waals surface area contributed by atoms with Gasteiger partial charge in [-0.3, -0.25) is 24.1 Å². The van der Waals surface area contributed by atoms with Crippen molar-refractivity contribution in [1.82, 2.24) is 19.5 Å². The Kier molecular flexibility index (Phi) is 5.29. The van der Waals surface area contributed by atoms with Crippen LogP contribution >= 0.6 is 0 Å². The van der Waals surface area contributed by atoms with E-state index in [0.29, 0.717) is 30.2 Å². The quantitative estimate of drug-likeness (QED) is 0.457. The van der Waals surface area contributed by atoms with Crippen LogP contribution in [0.5, 0.6) is 0 Å². The lowest BCUT2D eigenvalue weighted by molar-refractivity contribution is 0.0994. The summed E-state index contributed by atoms with van der Waals surface area (Å²) in [4.78, 5) is 41.1. The number of pyridine rings is 2. The molecule has 5 rings (SSSR count). The van der Waals surface area contributed by atoms with Crippen molar-refractivity contribution in [2.45, 2.75) is 19.0 Å². The van der Waals surface area contributed by atoms with E-state index in [0.717, 1.165) is 11.1 Å². The summed E-state index contributed by atoms with van der Waals surface area (Å²) in [5, 5.41) is 0. The van der Waals surface area contributed by atoms with E-state index in [1.54, 1.807) is 35.4 Å². The fourth-order valence-electron chi connectivity index (χ4n) is 4.12. The van der Waals surface area contributed by atoms with Crippen molar-refractivity contribution in [3.05, 3.63) is 107 Å². The highest BCUT2D eigenvalue weighted by molar-refractivity contribution is 5.99. The van der Waals surface area contributed by atoms with Gasteiger partial charge in [-0.25, -0.2) is 4.98 Å². The van der Waals surface area contributed by atoms with E-state index in [1.807, 2.05) is 59.5 Å². The maximum atomic E-state index is 13.2. The van der Waals surface area contributed by atoms with E-state index in [4.69, 9.17) is 4.98 Å². The van der Waals surface area contributed by atoms with Gasteiger partial charge in [0.2, 0.25) is 5.95 Å². The van der Waals surface area contributed by atoms with Crippen LogP contribution in [0.25, 0.3) is 11.3 Å². The third-order valence-electron chi connectivity index (χ3n) is 5.72. The van der Waals surface area contributed by atoms with Gasteiger partial charge in [0, 0.05) is 48.5 Å². The largest absolute Gasteiger partial charge is 0.327 e. The van der Waals surface area contributed by atoms with Gasteiger partial charge in [-0.15, -0.1) is 0 Å². The summed E-state index contributed by atoms with van der Waals surface area (Å²) in [6, 6.07) is 18.2. The van der Waals surface area contributed by atoms with Gasteiger partial charge in [0.05, 0.1) is 18.3 Å². The Labute approximate surface area is 185 Å².